The number of nitrogens with one attached hydrogen (secondary N) is 1. The van der Waals surface area contributed by atoms with Crippen LogP contribution in [0.2, 0.25) is 0 Å². The van der Waals surface area contributed by atoms with Crippen LogP contribution in [0, 0.1) is 5.92 Å². The van der Waals surface area contributed by atoms with Gasteiger partial charge in [0.25, 0.3) is 5.56 Å². The maximum Gasteiger partial charge on any atom is 0.280 e. The fourth-order valence-electron chi connectivity index (χ4n) is 2.89. The van der Waals surface area contributed by atoms with E-state index in [0.29, 0.717) is 18.5 Å². The number of ether oxygens (including phenoxy) is 1. The predicted octanol–water partition coefficient (Wildman–Crippen LogP) is 0.789. The van der Waals surface area contributed by atoms with Crippen molar-refractivity contribution in [2.45, 2.75) is 38.0 Å². The number of aromatic nitrogens is 4. The summed E-state index contributed by atoms with van der Waals surface area (Å²) >= 11 is 0. The summed E-state index contributed by atoms with van der Waals surface area (Å²) in [5, 5.41) is 0. The molecule has 0 unspecified atom stereocenters. The van der Waals surface area contributed by atoms with Crippen LogP contribution in [0.4, 0.5) is 5.95 Å². The molecule has 0 bridgehead atoms. The van der Waals surface area contributed by atoms with Gasteiger partial charge in [-0.15, -0.1) is 0 Å². The Morgan fingerprint density at radius 2 is 2.47 bits per heavy atom. The Hall–Kier alpha value is -1.89. The molecule has 1 saturated heterocycles. The molecule has 7 nitrogen and oxygen atoms in total. The number of nitrogen functional groups attached to an aromatic ring is 1. The van der Waals surface area contributed by atoms with Crippen molar-refractivity contribution in [1.82, 2.24) is 19.5 Å². The zero-order valence-corrected chi connectivity index (χ0v) is 10.1. The van der Waals surface area contributed by atoms with E-state index < -0.39 is 0 Å². The van der Waals surface area contributed by atoms with Crippen LogP contribution in [-0.2, 0) is 4.74 Å². The van der Waals surface area contributed by atoms with E-state index in [4.69, 9.17) is 13.2 Å². The summed E-state index contributed by atoms with van der Waals surface area (Å²) in [6, 6.07) is 0. The van der Waals surface area contributed by atoms with E-state index in [2.05, 4.69) is 15.0 Å². The molecule has 0 amide bonds. The zero-order valence-electron chi connectivity index (χ0n) is 12.1. The van der Waals surface area contributed by atoms with E-state index in [1.54, 1.807) is 4.57 Å². The van der Waals surface area contributed by atoms with Gasteiger partial charge in [0.1, 0.15) is 6.23 Å². The highest BCUT2D eigenvalue weighted by molar-refractivity contribution is 5.70. The van der Waals surface area contributed by atoms with E-state index in [0.717, 1.165) is 0 Å². The van der Waals surface area contributed by atoms with Gasteiger partial charge in [0.15, 0.2) is 11.2 Å². The zero-order chi connectivity index (χ0) is 14.7. The third kappa shape index (κ3) is 1.58. The van der Waals surface area contributed by atoms with Crippen LogP contribution in [0.1, 0.15) is 34.6 Å². The van der Waals surface area contributed by atoms with Crippen molar-refractivity contribution in [3.63, 3.8) is 0 Å². The maximum atomic E-state index is 11.8. The van der Waals surface area contributed by atoms with Crippen molar-refractivity contribution in [3.05, 3.63) is 16.7 Å². The van der Waals surface area contributed by atoms with Gasteiger partial charge in [0, 0.05) is 2.74 Å². The Morgan fingerprint density at radius 1 is 1.58 bits per heavy atom. The summed E-state index contributed by atoms with van der Waals surface area (Å²) in [6.07, 6.45) is 1.49. The standard InChI is InChI=1S/C12H15N5O2/c13-12-15-10-9(11(18)16-12)14-5-17(10)8-4-6-2-1-3-7(6)19-8/h5-8H,1-4H2,(H3,13,15,16,18)/t6-,7-,8+/m1/s1/i2T,3T/t2-,3-,6-,7-,8+. The minimum Gasteiger partial charge on any atom is -0.369 e. The molecule has 3 N–H and O–H groups in total. The number of rotatable bonds is 1. The summed E-state index contributed by atoms with van der Waals surface area (Å²) in [4.78, 5) is 22.4. The molecule has 0 spiro atoms. The molecule has 0 radical (unpaired) electrons. The predicted molar refractivity (Wildman–Crippen MR) is 68.4 cm³/mol. The second-order valence-corrected chi connectivity index (χ2v) is 4.94. The van der Waals surface area contributed by atoms with Gasteiger partial charge in [0.2, 0.25) is 5.95 Å². The van der Waals surface area contributed by atoms with Gasteiger partial charge in [-0.3, -0.25) is 14.3 Å². The average molecular weight is 265 g/mol. The number of fused-ring (bicyclic) bond motifs is 2. The van der Waals surface area contributed by atoms with E-state index in [1.165, 1.54) is 6.33 Å². The molecule has 0 aromatic carbocycles. The molecule has 4 rings (SSSR count). The van der Waals surface area contributed by atoms with Crippen LogP contribution in [-0.4, -0.2) is 25.6 Å². The molecule has 19 heavy (non-hydrogen) atoms. The fraction of sp³-hybridized carbons (Fsp3) is 0.583. The molecule has 100 valence electrons. The summed E-state index contributed by atoms with van der Waals surface area (Å²) < 4.78 is 23.6. The molecule has 5 atom stereocenters. The molecule has 2 aromatic heterocycles. The lowest BCUT2D eigenvalue weighted by molar-refractivity contribution is 0.00171. The highest BCUT2D eigenvalue weighted by atomic mass is 16.5. The van der Waals surface area contributed by atoms with Gasteiger partial charge < -0.3 is 10.5 Å². The van der Waals surface area contributed by atoms with Gasteiger partial charge in [-0.1, -0.05) is 6.42 Å². The monoisotopic (exact) mass is 265 g/mol. The van der Waals surface area contributed by atoms with Gasteiger partial charge in [-0.25, -0.2) is 4.98 Å². The lowest BCUT2D eigenvalue weighted by Crippen LogP contribution is -2.14. The maximum absolute atomic E-state index is 11.8. The van der Waals surface area contributed by atoms with E-state index in [1.807, 2.05) is 0 Å². The smallest absolute Gasteiger partial charge is 0.280 e. The molecule has 1 saturated carbocycles. The Balaban J connectivity index is 1.74. The number of nitrogens with two attached hydrogens (primary N) is 1. The number of hydrogen-bond acceptors (Lipinski definition) is 5. The van der Waals surface area contributed by atoms with E-state index >= 15 is 0 Å². The van der Waals surface area contributed by atoms with Crippen molar-refractivity contribution in [3.8, 4) is 0 Å². The normalized spacial score (nSPS) is 39.3. The van der Waals surface area contributed by atoms with Crippen LogP contribution < -0.4 is 11.3 Å². The Bertz CT molecular complexity index is 744. The number of anilines is 1. The molecular weight excluding hydrogens is 246 g/mol. The van der Waals surface area contributed by atoms with Crippen LogP contribution >= 0.6 is 0 Å². The van der Waals surface area contributed by atoms with Gasteiger partial charge >= 0.3 is 0 Å². The van der Waals surface area contributed by atoms with Crippen LogP contribution in [0.3, 0.4) is 0 Å². The van der Waals surface area contributed by atoms with Crippen LogP contribution in [0.5, 0.6) is 0 Å². The summed E-state index contributed by atoms with van der Waals surface area (Å²) in [7, 11) is 0. The molecule has 7 heteroatoms. The first kappa shape index (κ1) is 9.08. The highest BCUT2D eigenvalue weighted by Gasteiger charge is 2.39. The second-order valence-electron chi connectivity index (χ2n) is 4.94. The molecule has 2 aliphatic rings. The van der Waals surface area contributed by atoms with Crippen molar-refractivity contribution in [1.29, 1.82) is 0 Å². The summed E-state index contributed by atoms with van der Waals surface area (Å²) in [6.45, 7) is 0. The largest absolute Gasteiger partial charge is 0.369 e. The first-order valence-corrected chi connectivity index (χ1v) is 6.27. The second kappa shape index (κ2) is 3.80. The van der Waals surface area contributed by atoms with Crippen molar-refractivity contribution in [2.24, 2.45) is 5.92 Å². The molecule has 2 fully saturated rings. The topological polar surface area (TPSA) is 98.8 Å². The van der Waals surface area contributed by atoms with Gasteiger partial charge in [-0.2, -0.15) is 4.98 Å². The fourth-order valence-corrected chi connectivity index (χ4v) is 2.89. The molecule has 1 aliphatic carbocycles. The third-order valence-electron chi connectivity index (χ3n) is 3.78. The van der Waals surface area contributed by atoms with Crippen LogP contribution in [0.15, 0.2) is 11.1 Å². The Morgan fingerprint density at radius 3 is 3.32 bits per heavy atom. The number of imidazole rings is 1. The Kier molecular flexibility index (Phi) is 1.82. The van der Waals surface area contributed by atoms with Gasteiger partial charge in [0.05, 0.1) is 12.4 Å². The van der Waals surface area contributed by atoms with Crippen molar-refractivity contribution < 1.29 is 7.48 Å². The van der Waals surface area contributed by atoms with E-state index in [9.17, 15) is 4.79 Å². The highest BCUT2D eigenvalue weighted by Crippen LogP contribution is 2.43. The van der Waals surface area contributed by atoms with Gasteiger partial charge in [-0.05, 0) is 25.1 Å². The number of nitrogens with zero attached hydrogens (tertiary/aromatic N) is 3. The van der Waals surface area contributed by atoms with Crippen molar-refractivity contribution >= 4 is 17.1 Å². The van der Waals surface area contributed by atoms with E-state index in [-0.39, 0.29) is 48.1 Å². The lowest BCUT2D eigenvalue weighted by atomic mass is 10.0. The average Bonchev–Trinajstić information content (AvgIpc) is 3.06. The molecular formula is C12H15N5O2. The quantitative estimate of drug-likeness (QED) is 0.794. The summed E-state index contributed by atoms with van der Waals surface area (Å²) in [5.41, 5.74) is 5.79. The molecule has 2 aromatic rings. The van der Waals surface area contributed by atoms with Crippen molar-refractivity contribution in [2.75, 3.05) is 5.73 Å². The lowest BCUT2D eigenvalue weighted by Gasteiger charge is -2.14. The van der Waals surface area contributed by atoms with Crippen LogP contribution in [0.25, 0.3) is 11.2 Å². The number of H-pyrrole nitrogens is 1. The molecule has 3 heterocycles. The Labute approximate surface area is 111 Å². The first-order chi connectivity index (χ1) is 10.0. The SMILES string of the molecule is [3H][C@@H]1C[C@@H]([3H])[C@H]2O[C@H](n3cnc4c(=O)[nH]c(N)nc43)C[C@H]21. The minimum atomic E-state index is -0.383. The molecule has 1 aliphatic heterocycles. The minimum absolute atomic E-state index is 0.0316. The summed E-state index contributed by atoms with van der Waals surface area (Å²) in [5.74, 6) is 0.0819. The number of aromatic amines is 1. The number of hydrogen-bond donors (Lipinski definition) is 2. The third-order valence-corrected chi connectivity index (χ3v) is 3.78. The first-order valence-electron chi connectivity index (χ1n) is 7.42.